The molecule has 1 aromatic heterocycles. The molecular formula is C16H18N6O7S2. The Morgan fingerprint density at radius 2 is 2.26 bits per heavy atom. The molecule has 4 heterocycles. The predicted molar refractivity (Wildman–Crippen MR) is 108 cm³/mol. The number of carboxylic acid groups (broad SMARTS) is 1. The highest BCUT2D eigenvalue weighted by Gasteiger charge is 2.54. The van der Waals surface area contributed by atoms with Gasteiger partial charge in [0.05, 0.1) is 19.8 Å². The van der Waals surface area contributed by atoms with Gasteiger partial charge < -0.3 is 30.8 Å². The third kappa shape index (κ3) is 4.08. The van der Waals surface area contributed by atoms with Gasteiger partial charge in [-0.25, -0.2) is 4.79 Å². The van der Waals surface area contributed by atoms with Gasteiger partial charge in [-0.15, -0.1) is 11.8 Å². The molecule has 3 aliphatic heterocycles. The van der Waals surface area contributed by atoms with Crippen LogP contribution in [0.2, 0.25) is 0 Å². The van der Waals surface area contributed by atoms with Crippen LogP contribution < -0.4 is 11.1 Å². The third-order valence-corrected chi connectivity index (χ3v) is 6.66. The van der Waals surface area contributed by atoms with E-state index in [1.54, 1.807) is 0 Å². The molecule has 3 atom stereocenters. The van der Waals surface area contributed by atoms with Gasteiger partial charge in [0.1, 0.15) is 17.1 Å². The fraction of sp³-hybridized carbons (Fsp3) is 0.500. The van der Waals surface area contributed by atoms with Gasteiger partial charge in [-0.1, -0.05) is 5.16 Å². The monoisotopic (exact) mass is 470 g/mol. The lowest BCUT2D eigenvalue weighted by Crippen LogP contribution is -2.71. The van der Waals surface area contributed by atoms with E-state index in [-0.39, 0.29) is 39.8 Å². The number of thioether (sulfide) groups is 1. The van der Waals surface area contributed by atoms with Crippen molar-refractivity contribution < 1.29 is 34.2 Å². The normalized spacial score (nSPS) is 25.8. The molecular weight excluding hydrogens is 452 g/mol. The zero-order chi connectivity index (χ0) is 22.1. The number of aliphatic hydroxyl groups excluding tert-OH is 1. The number of aliphatic hydroxyl groups is 1. The average molecular weight is 470 g/mol. The Labute approximate surface area is 183 Å². The molecule has 0 aliphatic carbocycles. The quantitative estimate of drug-likeness (QED) is 0.203. The number of nitrogens with zero attached hydrogens (tertiary/aromatic N) is 4. The van der Waals surface area contributed by atoms with E-state index in [9.17, 15) is 24.6 Å². The Balaban J connectivity index is 1.52. The van der Waals surface area contributed by atoms with Crippen molar-refractivity contribution in [2.45, 2.75) is 23.9 Å². The molecule has 2 amide bonds. The van der Waals surface area contributed by atoms with Crippen molar-refractivity contribution >= 4 is 51.9 Å². The van der Waals surface area contributed by atoms with Crippen molar-refractivity contribution in [3.05, 3.63) is 17.1 Å². The van der Waals surface area contributed by atoms with Gasteiger partial charge in [0, 0.05) is 23.7 Å². The SMILES string of the molecule is Nc1nc(/C(=N/OC2CCOC2)C(=O)N[C@@H]2C(=O)N3C(C(=O)O)=C(CO)CS[C@H]23)ns1. The van der Waals surface area contributed by atoms with Crippen LogP contribution in [0.5, 0.6) is 0 Å². The summed E-state index contributed by atoms with van der Waals surface area (Å²) in [6.45, 7) is 0.375. The van der Waals surface area contributed by atoms with Gasteiger partial charge >= 0.3 is 5.97 Å². The van der Waals surface area contributed by atoms with E-state index in [0.717, 1.165) is 16.4 Å². The number of carbonyl (C=O) groups is 3. The van der Waals surface area contributed by atoms with Crippen molar-refractivity contribution in [2.24, 2.45) is 5.16 Å². The van der Waals surface area contributed by atoms with Gasteiger partial charge in [-0.3, -0.25) is 14.5 Å². The molecule has 15 heteroatoms. The van der Waals surface area contributed by atoms with Crippen LogP contribution in [-0.4, -0.2) is 91.1 Å². The molecule has 0 spiro atoms. The van der Waals surface area contributed by atoms with E-state index in [2.05, 4.69) is 19.8 Å². The lowest BCUT2D eigenvalue weighted by Gasteiger charge is -2.49. The fourth-order valence-corrected chi connectivity index (χ4v) is 5.02. The smallest absolute Gasteiger partial charge is 0.352 e. The standard InChI is InChI=1S/C16H18N6O7S2/c17-16-19-11(21-31-16)8(20-29-7-1-2-28-4-7)12(24)18-9-13(25)22-10(15(26)27)6(3-23)5-30-14(9)22/h7,9,14,23H,1-5H2,(H,18,24)(H,26,27)(H2,17,19,21)/b20-8-/t7?,9-,14-/m1/s1. The van der Waals surface area contributed by atoms with E-state index >= 15 is 0 Å². The largest absolute Gasteiger partial charge is 0.477 e. The lowest BCUT2D eigenvalue weighted by atomic mass is 10.0. The maximum atomic E-state index is 12.9. The summed E-state index contributed by atoms with van der Waals surface area (Å²) in [5, 5.41) is 24.7. The summed E-state index contributed by atoms with van der Waals surface area (Å²) in [5.41, 5.74) is 5.34. The maximum Gasteiger partial charge on any atom is 0.352 e. The van der Waals surface area contributed by atoms with Gasteiger partial charge in [0.15, 0.2) is 11.2 Å². The molecule has 5 N–H and O–H groups in total. The Bertz CT molecular complexity index is 973. The number of carbonyl (C=O) groups excluding carboxylic acids is 2. The van der Waals surface area contributed by atoms with E-state index in [0.29, 0.717) is 19.6 Å². The molecule has 0 bridgehead atoms. The van der Waals surface area contributed by atoms with E-state index in [1.165, 1.54) is 11.8 Å². The molecule has 1 unspecified atom stereocenters. The number of nitrogens with one attached hydrogen (secondary N) is 1. The summed E-state index contributed by atoms with van der Waals surface area (Å²) >= 11 is 2.11. The van der Waals surface area contributed by atoms with Crippen molar-refractivity contribution in [3.8, 4) is 0 Å². The minimum absolute atomic E-state index is 0.0486. The number of anilines is 1. The molecule has 0 aromatic carbocycles. The number of fused-ring (bicyclic) bond motifs is 1. The molecule has 13 nitrogen and oxygen atoms in total. The van der Waals surface area contributed by atoms with E-state index < -0.39 is 35.8 Å². The summed E-state index contributed by atoms with van der Waals surface area (Å²) in [6.07, 6.45) is 0.283. The number of β-lactam (4-membered cyclic amide) rings is 1. The molecule has 4 rings (SSSR count). The van der Waals surface area contributed by atoms with Crippen LogP contribution in [0.25, 0.3) is 0 Å². The van der Waals surface area contributed by atoms with Crippen LogP contribution in [0.15, 0.2) is 16.4 Å². The molecule has 0 saturated carbocycles. The number of ether oxygens (including phenoxy) is 1. The molecule has 0 radical (unpaired) electrons. The number of nitrogen functional groups attached to an aromatic ring is 1. The predicted octanol–water partition coefficient (Wildman–Crippen LogP) is -1.64. The van der Waals surface area contributed by atoms with Crippen LogP contribution in [-0.2, 0) is 24.0 Å². The second-order valence-corrected chi connectivity index (χ2v) is 8.65. The molecule has 31 heavy (non-hydrogen) atoms. The number of aliphatic carboxylic acids is 1. The first kappa shape index (κ1) is 21.5. The zero-order valence-corrected chi connectivity index (χ0v) is 17.5. The molecule has 2 saturated heterocycles. The number of rotatable bonds is 7. The number of nitrogens with two attached hydrogens (primary N) is 1. The van der Waals surface area contributed by atoms with Crippen LogP contribution in [0.4, 0.5) is 5.13 Å². The average Bonchev–Trinajstić information content (AvgIpc) is 3.42. The molecule has 166 valence electrons. The molecule has 3 aliphatic rings. The van der Waals surface area contributed by atoms with Gasteiger partial charge in [0.2, 0.25) is 11.5 Å². The van der Waals surface area contributed by atoms with Crippen LogP contribution >= 0.6 is 23.3 Å². The minimum atomic E-state index is -1.32. The summed E-state index contributed by atoms with van der Waals surface area (Å²) in [4.78, 5) is 47.5. The second-order valence-electron chi connectivity index (χ2n) is 6.76. The first-order valence-electron chi connectivity index (χ1n) is 9.13. The Kier molecular flexibility index (Phi) is 6.08. The number of oxime groups is 1. The zero-order valence-electron chi connectivity index (χ0n) is 15.9. The summed E-state index contributed by atoms with van der Waals surface area (Å²) in [6, 6.07) is -0.983. The summed E-state index contributed by atoms with van der Waals surface area (Å²) in [5.74, 6) is -2.51. The van der Waals surface area contributed by atoms with Crippen molar-refractivity contribution in [1.29, 1.82) is 0 Å². The fourth-order valence-electron chi connectivity index (χ4n) is 3.25. The van der Waals surface area contributed by atoms with Crippen LogP contribution in [0.1, 0.15) is 12.2 Å². The molecule has 1 aromatic rings. The first-order valence-corrected chi connectivity index (χ1v) is 11.0. The van der Waals surface area contributed by atoms with Crippen molar-refractivity contribution in [3.63, 3.8) is 0 Å². The number of aromatic nitrogens is 2. The molecule has 2 fully saturated rings. The number of carboxylic acids is 1. The highest BCUT2D eigenvalue weighted by atomic mass is 32.2. The van der Waals surface area contributed by atoms with Gasteiger partial charge in [0.25, 0.3) is 11.8 Å². The van der Waals surface area contributed by atoms with E-state index in [1.807, 2.05) is 0 Å². The van der Waals surface area contributed by atoms with E-state index in [4.69, 9.17) is 15.3 Å². The number of hydrogen-bond donors (Lipinski definition) is 4. The minimum Gasteiger partial charge on any atom is -0.477 e. The highest BCUT2D eigenvalue weighted by molar-refractivity contribution is 8.00. The second kappa shape index (κ2) is 8.78. The van der Waals surface area contributed by atoms with Crippen LogP contribution in [0.3, 0.4) is 0 Å². The summed E-state index contributed by atoms with van der Waals surface area (Å²) < 4.78 is 9.18. The first-order chi connectivity index (χ1) is 14.9. The Morgan fingerprint density at radius 3 is 2.87 bits per heavy atom. The topological polar surface area (TPSA) is 190 Å². The lowest BCUT2D eigenvalue weighted by molar-refractivity contribution is -0.150. The van der Waals surface area contributed by atoms with Gasteiger partial charge in [-0.2, -0.15) is 9.36 Å². The van der Waals surface area contributed by atoms with Crippen molar-refractivity contribution in [2.75, 3.05) is 31.3 Å². The Morgan fingerprint density at radius 1 is 1.45 bits per heavy atom. The van der Waals surface area contributed by atoms with Gasteiger partial charge in [-0.05, 0) is 5.57 Å². The maximum absolute atomic E-state index is 12.9. The van der Waals surface area contributed by atoms with Crippen LogP contribution in [0, 0.1) is 0 Å². The number of hydrogen-bond acceptors (Lipinski definition) is 12. The van der Waals surface area contributed by atoms with Crippen molar-refractivity contribution in [1.82, 2.24) is 19.6 Å². The highest BCUT2D eigenvalue weighted by Crippen LogP contribution is 2.40. The number of amides is 2. The Hall–Kier alpha value is -2.75. The summed E-state index contributed by atoms with van der Waals surface area (Å²) in [7, 11) is 0. The third-order valence-electron chi connectivity index (χ3n) is 4.78.